The Kier molecular flexibility index (Phi) is 11.2. The van der Waals surface area contributed by atoms with Crippen molar-refractivity contribution in [2.24, 2.45) is 0 Å². The van der Waals surface area contributed by atoms with Crippen LogP contribution in [0, 0.1) is 0 Å². The fourth-order valence-corrected chi connectivity index (χ4v) is 8.64. The van der Waals surface area contributed by atoms with Crippen LogP contribution in [0.15, 0.2) is 89.1 Å². The van der Waals surface area contributed by atoms with Crippen molar-refractivity contribution < 1.29 is 42.1 Å². The number of rotatable bonds is 14. The predicted octanol–water partition coefficient (Wildman–Crippen LogP) is 6.36. The number of methoxy groups -OCH3 is 2. The number of nitrogens with zero attached hydrogens (tertiary/aromatic N) is 1. The number of aliphatic carboxylic acids is 1. The van der Waals surface area contributed by atoms with Crippen molar-refractivity contribution in [3.05, 3.63) is 96.1 Å². The first-order chi connectivity index (χ1) is 22.7. The fourth-order valence-electron chi connectivity index (χ4n) is 5.56. The van der Waals surface area contributed by atoms with E-state index in [0.717, 1.165) is 16.0 Å². The van der Waals surface area contributed by atoms with Gasteiger partial charge in [-0.2, -0.15) is 4.31 Å². The number of carboxylic acid groups (broad SMARTS) is 1. The SMILES string of the molecule is COc1ccc(CC[C@@H](OC(=O)C2CCCCN2S(=O)(=O)c2ccc(-c3ccccc3)s2)c2cccc(OCC(=O)O)c2)cc1OC. The van der Waals surface area contributed by atoms with E-state index in [1.54, 1.807) is 56.7 Å². The molecule has 1 fully saturated rings. The first kappa shape index (κ1) is 34.0. The van der Waals surface area contributed by atoms with Gasteiger partial charge in [0, 0.05) is 11.4 Å². The monoisotopic (exact) mass is 679 g/mol. The molecule has 1 saturated heterocycles. The van der Waals surface area contributed by atoms with E-state index in [0.29, 0.717) is 54.9 Å². The third kappa shape index (κ3) is 8.31. The minimum absolute atomic E-state index is 0.171. The zero-order valence-corrected chi connectivity index (χ0v) is 27.8. The Hall–Kier alpha value is -4.39. The normalized spacial score (nSPS) is 15.8. The lowest BCUT2D eigenvalue weighted by molar-refractivity contribution is -0.155. The Labute approximate surface area is 278 Å². The summed E-state index contributed by atoms with van der Waals surface area (Å²) in [6.45, 7) is -0.321. The smallest absolute Gasteiger partial charge is 0.341 e. The molecular weight excluding hydrogens is 643 g/mol. The average molecular weight is 680 g/mol. The highest BCUT2D eigenvalue weighted by atomic mass is 32.2. The van der Waals surface area contributed by atoms with Crippen LogP contribution in [0.3, 0.4) is 0 Å². The molecule has 0 amide bonds. The van der Waals surface area contributed by atoms with Crippen LogP contribution in [0.5, 0.6) is 17.2 Å². The Morgan fingerprint density at radius 1 is 0.936 bits per heavy atom. The van der Waals surface area contributed by atoms with Crippen LogP contribution < -0.4 is 14.2 Å². The van der Waals surface area contributed by atoms with Crippen LogP contribution in [0.4, 0.5) is 0 Å². The van der Waals surface area contributed by atoms with Crippen LogP contribution in [-0.4, -0.2) is 63.2 Å². The maximum Gasteiger partial charge on any atom is 0.341 e. The third-order valence-corrected chi connectivity index (χ3v) is 11.4. The quantitative estimate of drug-likeness (QED) is 0.152. The van der Waals surface area contributed by atoms with Crippen molar-refractivity contribution >= 4 is 33.3 Å². The standard InChI is InChI=1S/C35H37NO9S2/c1-42-30-17-15-24(21-31(30)43-2)14-16-29(26-11-8-12-27(22-26)44-23-33(37)38)45-35(39)28-13-6-7-20-36(28)47(40,41)34-19-18-32(46-34)25-9-4-3-5-10-25/h3-5,8-12,15,17-19,21-22,28-29H,6-7,13-14,16,20,23H2,1-2H3,(H,37,38)/t28?,29-/m1/s1. The summed E-state index contributed by atoms with van der Waals surface area (Å²) in [7, 11) is -0.876. The number of hydrogen-bond acceptors (Lipinski definition) is 9. The second-order valence-corrected chi connectivity index (χ2v) is 14.2. The summed E-state index contributed by atoms with van der Waals surface area (Å²) in [4.78, 5) is 25.8. The summed E-state index contributed by atoms with van der Waals surface area (Å²) >= 11 is 1.17. The summed E-state index contributed by atoms with van der Waals surface area (Å²) < 4.78 is 51.7. The average Bonchev–Trinajstić information content (AvgIpc) is 3.61. The van der Waals surface area contributed by atoms with Gasteiger partial charge in [0.25, 0.3) is 10.0 Å². The van der Waals surface area contributed by atoms with E-state index in [9.17, 15) is 18.0 Å². The van der Waals surface area contributed by atoms with Gasteiger partial charge in [0.2, 0.25) is 0 Å². The Bertz CT molecular complexity index is 1790. The molecular formula is C35H37NO9S2. The van der Waals surface area contributed by atoms with E-state index in [2.05, 4.69) is 0 Å². The number of thiophene rings is 1. The molecule has 1 aromatic heterocycles. The molecule has 1 aliphatic heterocycles. The number of esters is 1. The molecule has 1 aliphatic rings. The van der Waals surface area contributed by atoms with Gasteiger partial charge < -0.3 is 24.1 Å². The van der Waals surface area contributed by atoms with Crippen LogP contribution in [0.2, 0.25) is 0 Å². The van der Waals surface area contributed by atoms with Gasteiger partial charge in [0.05, 0.1) is 14.2 Å². The lowest BCUT2D eigenvalue weighted by Crippen LogP contribution is -2.48. The highest BCUT2D eigenvalue weighted by molar-refractivity contribution is 7.91. The molecule has 1 unspecified atom stereocenters. The predicted molar refractivity (Wildman–Crippen MR) is 178 cm³/mol. The lowest BCUT2D eigenvalue weighted by atomic mass is 10.00. The van der Waals surface area contributed by atoms with Gasteiger partial charge in [0.1, 0.15) is 22.1 Å². The van der Waals surface area contributed by atoms with Gasteiger partial charge in [-0.25, -0.2) is 13.2 Å². The minimum atomic E-state index is -3.99. The molecule has 248 valence electrons. The molecule has 1 N–H and O–H groups in total. The van der Waals surface area contributed by atoms with Crippen molar-refractivity contribution in [3.8, 4) is 27.7 Å². The zero-order valence-electron chi connectivity index (χ0n) is 26.2. The van der Waals surface area contributed by atoms with E-state index in [4.69, 9.17) is 24.1 Å². The number of hydrogen-bond donors (Lipinski definition) is 1. The van der Waals surface area contributed by atoms with Gasteiger partial charge in [-0.15, -0.1) is 11.3 Å². The van der Waals surface area contributed by atoms with Crippen molar-refractivity contribution in [1.29, 1.82) is 0 Å². The molecule has 0 spiro atoms. The van der Waals surface area contributed by atoms with Gasteiger partial charge in [-0.1, -0.05) is 48.5 Å². The summed E-state index contributed by atoms with van der Waals surface area (Å²) in [6.07, 6.45) is 1.71. The van der Waals surface area contributed by atoms with Crippen LogP contribution in [0.25, 0.3) is 10.4 Å². The van der Waals surface area contributed by atoms with Crippen LogP contribution >= 0.6 is 11.3 Å². The lowest BCUT2D eigenvalue weighted by Gasteiger charge is -2.33. The van der Waals surface area contributed by atoms with Gasteiger partial charge in [-0.05, 0) is 85.2 Å². The number of carbonyl (C=O) groups excluding carboxylic acids is 1. The van der Waals surface area contributed by atoms with Crippen molar-refractivity contribution in [2.45, 2.75) is 48.5 Å². The molecule has 10 nitrogen and oxygen atoms in total. The Morgan fingerprint density at radius 2 is 1.72 bits per heavy atom. The van der Waals surface area contributed by atoms with E-state index in [-0.39, 0.29) is 10.8 Å². The largest absolute Gasteiger partial charge is 0.493 e. The van der Waals surface area contributed by atoms with E-state index >= 15 is 0 Å². The molecule has 0 radical (unpaired) electrons. The molecule has 2 heterocycles. The second-order valence-electron chi connectivity index (χ2n) is 11.0. The summed E-state index contributed by atoms with van der Waals surface area (Å²) in [5.41, 5.74) is 2.42. The van der Waals surface area contributed by atoms with E-state index in [1.807, 2.05) is 42.5 Å². The number of carbonyl (C=O) groups is 2. The molecule has 47 heavy (non-hydrogen) atoms. The second kappa shape index (κ2) is 15.5. The van der Waals surface area contributed by atoms with Crippen LogP contribution in [-0.2, 0) is 30.8 Å². The number of carboxylic acids is 1. The molecule has 2 atom stereocenters. The number of piperidine rings is 1. The Morgan fingerprint density at radius 3 is 2.47 bits per heavy atom. The number of benzene rings is 3. The molecule has 3 aromatic carbocycles. The van der Waals surface area contributed by atoms with Crippen LogP contribution in [0.1, 0.15) is 42.9 Å². The zero-order chi connectivity index (χ0) is 33.4. The molecule has 5 rings (SSSR count). The number of ether oxygens (including phenoxy) is 4. The molecule has 0 saturated carbocycles. The van der Waals surface area contributed by atoms with Crippen molar-refractivity contribution in [3.63, 3.8) is 0 Å². The van der Waals surface area contributed by atoms with E-state index < -0.39 is 40.7 Å². The van der Waals surface area contributed by atoms with Gasteiger partial charge in [-0.3, -0.25) is 4.79 Å². The van der Waals surface area contributed by atoms with E-state index in [1.165, 1.54) is 15.6 Å². The molecule has 0 bridgehead atoms. The Balaban J connectivity index is 1.39. The maximum atomic E-state index is 13.9. The molecule has 12 heteroatoms. The fraction of sp³-hybridized carbons (Fsp3) is 0.314. The summed E-state index contributed by atoms with van der Waals surface area (Å²) in [6, 6.07) is 24.2. The summed E-state index contributed by atoms with van der Waals surface area (Å²) in [5.74, 6) is -0.294. The number of aryl methyl sites for hydroxylation is 1. The minimum Gasteiger partial charge on any atom is -0.493 e. The highest BCUT2D eigenvalue weighted by Crippen LogP contribution is 2.36. The maximum absolute atomic E-state index is 13.9. The van der Waals surface area contributed by atoms with Crippen molar-refractivity contribution in [2.75, 3.05) is 27.4 Å². The highest BCUT2D eigenvalue weighted by Gasteiger charge is 2.40. The first-order valence-corrected chi connectivity index (χ1v) is 17.5. The topological polar surface area (TPSA) is 129 Å². The molecule has 4 aromatic rings. The van der Waals surface area contributed by atoms with Crippen molar-refractivity contribution in [1.82, 2.24) is 4.31 Å². The summed E-state index contributed by atoms with van der Waals surface area (Å²) in [5, 5.41) is 9.07. The van der Waals surface area contributed by atoms with Gasteiger partial charge >= 0.3 is 11.9 Å². The first-order valence-electron chi connectivity index (χ1n) is 15.2. The third-order valence-electron chi connectivity index (χ3n) is 7.92. The van der Waals surface area contributed by atoms with Gasteiger partial charge in [0.15, 0.2) is 18.1 Å². The molecule has 0 aliphatic carbocycles. The number of sulfonamides is 1.